The van der Waals surface area contributed by atoms with Gasteiger partial charge >= 0.3 is 0 Å². The molecule has 0 saturated heterocycles. The van der Waals surface area contributed by atoms with Crippen LogP contribution in [0.15, 0.2) is 42.5 Å². The van der Waals surface area contributed by atoms with E-state index in [0.717, 1.165) is 11.4 Å². The van der Waals surface area contributed by atoms with Gasteiger partial charge in [0.1, 0.15) is 12.4 Å². The molecule has 22 heavy (non-hydrogen) atoms. The SMILES string of the molecule is CC(C)(C)c1ccc(OCCNc2cccc(Cl)c2Cl)cc1. The fourth-order valence-electron chi connectivity index (χ4n) is 2.05. The lowest BCUT2D eigenvalue weighted by Gasteiger charge is -2.19. The highest BCUT2D eigenvalue weighted by Gasteiger charge is 2.12. The van der Waals surface area contributed by atoms with E-state index in [1.54, 1.807) is 6.07 Å². The molecule has 0 aromatic heterocycles. The first-order valence-electron chi connectivity index (χ1n) is 7.29. The highest BCUT2D eigenvalue weighted by molar-refractivity contribution is 6.43. The number of nitrogens with one attached hydrogen (secondary N) is 1. The Morgan fingerprint density at radius 1 is 1.00 bits per heavy atom. The molecule has 0 radical (unpaired) electrons. The standard InChI is InChI=1S/C18H21Cl2NO/c1-18(2,3)13-7-9-14(10-8-13)22-12-11-21-16-6-4-5-15(19)17(16)20/h4-10,21H,11-12H2,1-3H3. The average Bonchev–Trinajstić information content (AvgIpc) is 2.47. The van der Waals surface area contributed by atoms with Crippen LogP contribution in [0, 0.1) is 0 Å². The Balaban J connectivity index is 1.83. The van der Waals surface area contributed by atoms with Crippen LogP contribution < -0.4 is 10.1 Å². The number of ether oxygens (including phenoxy) is 1. The van der Waals surface area contributed by atoms with E-state index in [9.17, 15) is 0 Å². The minimum absolute atomic E-state index is 0.156. The van der Waals surface area contributed by atoms with E-state index >= 15 is 0 Å². The number of rotatable bonds is 5. The fraction of sp³-hybridized carbons (Fsp3) is 0.333. The molecular formula is C18H21Cl2NO. The van der Waals surface area contributed by atoms with Crippen LogP contribution in [0.1, 0.15) is 26.3 Å². The van der Waals surface area contributed by atoms with Gasteiger partial charge in [-0.05, 0) is 35.2 Å². The summed E-state index contributed by atoms with van der Waals surface area (Å²) >= 11 is 12.1. The predicted molar refractivity (Wildman–Crippen MR) is 95.6 cm³/mol. The summed E-state index contributed by atoms with van der Waals surface area (Å²) in [6.07, 6.45) is 0. The molecule has 0 bridgehead atoms. The first-order chi connectivity index (χ1) is 10.4. The Bertz CT molecular complexity index is 618. The first kappa shape index (κ1) is 17.0. The Labute approximate surface area is 142 Å². The van der Waals surface area contributed by atoms with Crippen LogP contribution in [-0.2, 0) is 5.41 Å². The lowest BCUT2D eigenvalue weighted by atomic mass is 9.87. The van der Waals surface area contributed by atoms with Crippen molar-refractivity contribution in [2.75, 3.05) is 18.5 Å². The van der Waals surface area contributed by atoms with Crippen molar-refractivity contribution in [1.82, 2.24) is 0 Å². The maximum absolute atomic E-state index is 6.11. The summed E-state index contributed by atoms with van der Waals surface area (Å²) in [6, 6.07) is 13.8. The van der Waals surface area contributed by atoms with Crippen molar-refractivity contribution >= 4 is 28.9 Å². The molecular weight excluding hydrogens is 317 g/mol. The van der Waals surface area contributed by atoms with Gasteiger partial charge < -0.3 is 10.1 Å². The van der Waals surface area contributed by atoms with Gasteiger partial charge in [-0.3, -0.25) is 0 Å². The van der Waals surface area contributed by atoms with Crippen molar-refractivity contribution in [3.05, 3.63) is 58.1 Å². The lowest BCUT2D eigenvalue weighted by molar-refractivity contribution is 0.332. The number of hydrogen-bond donors (Lipinski definition) is 1. The van der Waals surface area contributed by atoms with Crippen molar-refractivity contribution in [1.29, 1.82) is 0 Å². The van der Waals surface area contributed by atoms with Gasteiger partial charge in [0.15, 0.2) is 0 Å². The summed E-state index contributed by atoms with van der Waals surface area (Å²) in [4.78, 5) is 0. The van der Waals surface area contributed by atoms with E-state index < -0.39 is 0 Å². The van der Waals surface area contributed by atoms with Crippen molar-refractivity contribution in [3.63, 3.8) is 0 Å². The molecule has 118 valence electrons. The summed E-state index contributed by atoms with van der Waals surface area (Å²) in [6.45, 7) is 7.79. The van der Waals surface area contributed by atoms with Gasteiger partial charge in [0, 0.05) is 6.54 Å². The zero-order valence-electron chi connectivity index (χ0n) is 13.1. The smallest absolute Gasteiger partial charge is 0.119 e. The average molecular weight is 338 g/mol. The largest absolute Gasteiger partial charge is 0.492 e. The van der Waals surface area contributed by atoms with Crippen LogP contribution in [0.5, 0.6) is 5.75 Å². The van der Waals surface area contributed by atoms with Crippen molar-refractivity contribution < 1.29 is 4.74 Å². The van der Waals surface area contributed by atoms with Crippen molar-refractivity contribution in [2.24, 2.45) is 0 Å². The second-order valence-electron chi connectivity index (χ2n) is 6.15. The summed E-state index contributed by atoms with van der Waals surface area (Å²) in [7, 11) is 0. The Hall–Kier alpha value is -1.38. The zero-order valence-corrected chi connectivity index (χ0v) is 14.6. The molecule has 0 aliphatic heterocycles. The molecule has 0 fully saturated rings. The van der Waals surface area contributed by atoms with Crippen molar-refractivity contribution in [3.8, 4) is 5.75 Å². The second kappa shape index (κ2) is 7.26. The number of halogens is 2. The fourth-order valence-corrected chi connectivity index (χ4v) is 2.41. The third-order valence-electron chi connectivity index (χ3n) is 3.36. The van der Waals surface area contributed by atoms with Crippen LogP contribution in [-0.4, -0.2) is 13.2 Å². The molecule has 0 atom stereocenters. The summed E-state index contributed by atoms with van der Waals surface area (Å²) in [5.74, 6) is 0.868. The minimum Gasteiger partial charge on any atom is -0.492 e. The Morgan fingerprint density at radius 3 is 2.32 bits per heavy atom. The van der Waals surface area contributed by atoms with E-state index in [0.29, 0.717) is 23.2 Å². The molecule has 1 N–H and O–H groups in total. The summed E-state index contributed by atoms with van der Waals surface area (Å²) in [5.41, 5.74) is 2.27. The van der Waals surface area contributed by atoms with Crippen LogP contribution in [0.25, 0.3) is 0 Å². The molecule has 0 unspecified atom stereocenters. The van der Waals surface area contributed by atoms with Crippen LogP contribution >= 0.6 is 23.2 Å². The molecule has 0 spiro atoms. The van der Waals surface area contributed by atoms with E-state index in [2.05, 4.69) is 38.2 Å². The zero-order chi connectivity index (χ0) is 16.2. The minimum atomic E-state index is 0.156. The lowest BCUT2D eigenvalue weighted by Crippen LogP contribution is -2.13. The normalized spacial score (nSPS) is 11.3. The molecule has 2 nitrogen and oxygen atoms in total. The van der Waals surface area contributed by atoms with Gasteiger partial charge in [0.2, 0.25) is 0 Å². The van der Waals surface area contributed by atoms with Gasteiger partial charge in [0.25, 0.3) is 0 Å². The van der Waals surface area contributed by atoms with E-state index in [-0.39, 0.29) is 5.41 Å². The Morgan fingerprint density at radius 2 is 1.68 bits per heavy atom. The molecule has 0 heterocycles. The first-order valence-corrected chi connectivity index (χ1v) is 8.05. The molecule has 0 aliphatic carbocycles. The van der Waals surface area contributed by atoms with Gasteiger partial charge in [-0.1, -0.05) is 62.2 Å². The van der Waals surface area contributed by atoms with E-state index in [1.165, 1.54) is 5.56 Å². The van der Waals surface area contributed by atoms with Gasteiger partial charge in [-0.25, -0.2) is 0 Å². The second-order valence-corrected chi connectivity index (χ2v) is 6.94. The third kappa shape index (κ3) is 4.56. The predicted octanol–water partition coefficient (Wildman–Crippen LogP) is 5.78. The molecule has 2 aromatic rings. The third-order valence-corrected chi connectivity index (χ3v) is 4.18. The molecule has 0 aliphatic rings. The highest BCUT2D eigenvalue weighted by atomic mass is 35.5. The number of anilines is 1. The van der Waals surface area contributed by atoms with Gasteiger partial charge in [-0.2, -0.15) is 0 Å². The van der Waals surface area contributed by atoms with Crippen LogP contribution in [0.2, 0.25) is 10.0 Å². The molecule has 0 saturated carbocycles. The molecule has 4 heteroatoms. The van der Waals surface area contributed by atoms with Gasteiger partial charge in [0.05, 0.1) is 15.7 Å². The van der Waals surface area contributed by atoms with E-state index in [4.69, 9.17) is 27.9 Å². The quantitative estimate of drug-likeness (QED) is 0.698. The summed E-state index contributed by atoms with van der Waals surface area (Å²) in [5, 5.41) is 4.31. The maximum Gasteiger partial charge on any atom is 0.119 e. The Kier molecular flexibility index (Phi) is 5.60. The van der Waals surface area contributed by atoms with Crippen LogP contribution in [0.3, 0.4) is 0 Å². The van der Waals surface area contributed by atoms with Crippen molar-refractivity contribution in [2.45, 2.75) is 26.2 Å². The van der Waals surface area contributed by atoms with E-state index in [1.807, 2.05) is 24.3 Å². The van der Waals surface area contributed by atoms with Crippen LogP contribution in [0.4, 0.5) is 5.69 Å². The van der Waals surface area contributed by atoms with Gasteiger partial charge in [-0.15, -0.1) is 0 Å². The molecule has 2 aromatic carbocycles. The number of benzene rings is 2. The molecule has 0 amide bonds. The summed E-state index contributed by atoms with van der Waals surface area (Å²) < 4.78 is 5.73. The maximum atomic E-state index is 6.11. The topological polar surface area (TPSA) is 21.3 Å². The monoisotopic (exact) mass is 337 g/mol. The number of hydrogen-bond acceptors (Lipinski definition) is 2. The highest BCUT2D eigenvalue weighted by Crippen LogP contribution is 2.29. The molecule has 2 rings (SSSR count).